The van der Waals surface area contributed by atoms with E-state index in [1.54, 1.807) is 7.11 Å². The van der Waals surface area contributed by atoms with Crippen LogP contribution in [0.3, 0.4) is 0 Å². The zero-order valence-electron chi connectivity index (χ0n) is 11.6. The molecule has 0 saturated heterocycles. The van der Waals surface area contributed by atoms with Gasteiger partial charge in [0.1, 0.15) is 5.75 Å². The molecule has 1 rings (SSSR count). The van der Waals surface area contributed by atoms with Crippen molar-refractivity contribution in [3.05, 3.63) is 29.3 Å². The summed E-state index contributed by atoms with van der Waals surface area (Å²) in [5, 5.41) is 0. The van der Waals surface area contributed by atoms with Crippen LogP contribution >= 0.6 is 0 Å². The summed E-state index contributed by atoms with van der Waals surface area (Å²) in [6.45, 7) is 3.35. The lowest BCUT2D eigenvalue weighted by molar-refractivity contribution is 0.399. The zero-order valence-corrected chi connectivity index (χ0v) is 11.6. The van der Waals surface area contributed by atoms with E-state index >= 15 is 0 Å². The van der Waals surface area contributed by atoms with Crippen LogP contribution < -0.4 is 4.74 Å². The molecule has 0 fully saturated rings. The normalized spacial score (nSPS) is 10.9. The number of hydrogen-bond donors (Lipinski definition) is 0. The highest BCUT2D eigenvalue weighted by atomic mass is 16.5. The van der Waals surface area contributed by atoms with Crippen LogP contribution in [0, 0.1) is 0 Å². The molecule has 0 bridgehead atoms. The van der Waals surface area contributed by atoms with Gasteiger partial charge in [0.05, 0.1) is 7.11 Å². The lowest BCUT2D eigenvalue weighted by Crippen LogP contribution is -2.13. The Bertz CT molecular complexity index is 334. The first-order valence-electron chi connectivity index (χ1n) is 6.48. The van der Waals surface area contributed by atoms with E-state index in [1.807, 2.05) is 0 Å². The van der Waals surface area contributed by atoms with Crippen LogP contribution in [0.1, 0.15) is 30.9 Å². The fourth-order valence-corrected chi connectivity index (χ4v) is 2.05. The molecular weight excluding hydrogens is 210 g/mol. The van der Waals surface area contributed by atoms with Crippen molar-refractivity contribution >= 4 is 0 Å². The summed E-state index contributed by atoms with van der Waals surface area (Å²) in [6.07, 6.45) is 4.63. The fraction of sp³-hybridized carbons (Fsp3) is 0.600. The summed E-state index contributed by atoms with van der Waals surface area (Å²) in [5.41, 5.74) is 2.77. The predicted octanol–water partition coefficient (Wildman–Crippen LogP) is 3.14. The Hall–Kier alpha value is -1.02. The van der Waals surface area contributed by atoms with Gasteiger partial charge in [0, 0.05) is 0 Å². The van der Waals surface area contributed by atoms with Gasteiger partial charge >= 0.3 is 0 Å². The molecule has 0 saturated carbocycles. The molecular formula is C15H25NO. The molecule has 0 radical (unpaired) electrons. The molecule has 2 nitrogen and oxygen atoms in total. The maximum atomic E-state index is 5.39. The van der Waals surface area contributed by atoms with Gasteiger partial charge in [-0.15, -0.1) is 0 Å². The quantitative estimate of drug-likeness (QED) is 0.720. The lowest BCUT2D eigenvalue weighted by atomic mass is 10.0. The average Bonchev–Trinajstić information content (AvgIpc) is 2.29. The van der Waals surface area contributed by atoms with Crippen molar-refractivity contribution in [3.63, 3.8) is 0 Å². The molecule has 0 unspecified atom stereocenters. The molecule has 96 valence electrons. The lowest BCUT2D eigenvalue weighted by Gasteiger charge is -2.12. The number of aryl methyl sites for hydroxylation is 2. The molecule has 0 heterocycles. The SMILES string of the molecule is CCCc1cc(CCCN(C)C)ccc1OC. The van der Waals surface area contributed by atoms with Crippen LogP contribution in [0.2, 0.25) is 0 Å². The van der Waals surface area contributed by atoms with E-state index < -0.39 is 0 Å². The van der Waals surface area contributed by atoms with Crippen LogP contribution in [0.25, 0.3) is 0 Å². The van der Waals surface area contributed by atoms with Crippen LogP contribution in [0.5, 0.6) is 5.75 Å². The van der Waals surface area contributed by atoms with Gasteiger partial charge in [-0.25, -0.2) is 0 Å². The summed E-state index contributed by atoms with van der Waals surface area (Å²) in [5.74, 6) is 1.03. The third kappa shape index (κ3) is 4.78. The summed E-state index contributed by atoms with van der Waals surface area (Å²) in [6, 6.07) is 6.60. The van der Waals surface area contributed by atoms with E-state index in [0.717, 1.165) is 31.6 Å². The predicted molar refractivity (Wildman–Crippen MR) is 73.9 cm³/mol. The minimum absolute atomic E-state index is 1.03. The Balaban J connectivity index is 2.64. The minimum atomic E-state index is 1.03. The minimum Gasteiger partial charge on any atom is -0.496 e. The van der Waals surface area contributed by atoms with Gasteiger partial charge in [0.15, 0.2) is 0 Å². The molecule has 17 heavy (non-hydrogen) atoms. The first-order chi connectivity index (χ1) is 8.17. The first kappa shape index (κ1) is 14.0. The third-order valence-corrected chi connectivity index (χ3v) is 2.93. The Morgan fingerprint density at radius 3 is 2.53 bits per heavy atom. The summed E-state index contributed by atoms with van der Waals surface area (Å²) in [7, 11) is 5.99. The van der Waals surface area contributed by atoms with Gasteiger partial charge in [0.2, 0.25) is 0 Å². The van der Waals surface area contributed by atoms with Gasteiger partial charge in [-0.3, -0.25) is 0 Å². The molecule has 0 amide bonds. The Morgan fingerprint density at radius 1 is 1.18 bits per heavy atom. The number of hydrogen-bond acceptors (Lipinski definition) is 2. The molecule has 0 atom stereocenters. The van der Waals surface area contributed by atoms with Gasteiger partial charge in [0.25, 0.3) is 0 Å². The van der Waals surface area contributed by atoms with Crippen molar-refractivity contribution in [1.29, 1.82) is 0 Å². The Morgan fingerprint density at radius 2 is 1.94 bits per heavy atom. The number of ether oxygens (including phenoxy) is 1. The Labute approximate surface area is 106 Å². The number of nitrogens with zero attached hydrogens (tertiary/aromatic N) is 1. The molecule has 0 N–H and O–H groups in total. The van der Waals surface area contributed by atoms with E-state index in [0.29, 0.717) is 0 Å². The standard InChI is InChI=1S/C15H25NO/c1-5-7-14-12-13(8-6-11-16(2)3)9-10-15(14)17-4/h9-10,12H,5-8,11H2,1-4H3. The molecule has 1 aromatic rings. The van der Waals surface area contributed by atoms with Crippen molar-refractivity contribution in [3.8, 4) is 5.75 Å². The molecule has 0 spiro atoms. The highest BCUT2D eigenvalue weighted by Crippen LogP contribution is 2.22. The van der Waals surface area contributed by atoms with Crippen molar-refractivity contribution in [2.24, 2.45) is 0 Å². The van der Waals surface area contributed by atoms with E-state index in [9.17, 15) is 0 Å². The fourth-order valence-electron chi connectivity index (χ4n) is 2.05. The van der Waals surface area contributed by atoms with Crippen LogP contribution in [-0.4, -0.2) is 32.6 Å². The second-order valence-corrected chi connectivity index (χ2v) is 4.80. The van der Waals surface area contributed by atoms with E-state index in [1.165, 1.54) is 17.5 Å². The number of benzene rings is 1. The van der Waals surface area contributed by atoms with Gasteiger partial charge in [-0.2, -0.15) is 0 Å². The van der Waals surface area contributed by atoms with Gasteiger partial charge < -0.3 is 9.64 Å². The second kappa shape index (κ2) is 7.33. The molecule has 0 aliphatic carbocycles. The van der Waals surface area contributed by atoms with Crippen molar-refractivity contribution < 1.29 is 4.74 Å². The monoisotopic (exact) mass is 235 g/mol. The second-order valence-electron chi connectivity index (χ2n) is 4.80. The number of methoxy groups -OCH3 is 1. The van der Waals surface area contributed by atoms with Crippen molar-refractivity contribution in [2.75, 3.05) is 27.7 Å². The molecule has 0 aromatic heterocycles. The molecule has 1 aromatic carbocycles. The maximum Gasteiger partial charge on any atom is 0.122 e. The summed E-state index contributed by atoms with van der Waals surface area (Å²) >= 11 is 0. The van der Waals surface area contributed by atoms with Crippen molar-refractivity contribution in [1.82, 2.24) is 4.90 Å². The van der Waals surface area contributed by atoms with Crippen LogP contribution in [-0.2, 0) is 12.8 Å². The largest absolute Gasteiger partial charge is 0.496 e. The average molecular weight is 235 g/mol. The van der Waals surface area contributed by atoms with E-state index in [2.05, 4.69) is 44.1 Å². The van der Waals surface area contributed by atoms with Crippen molar-refractivity contribution in [2.45, 2.75) is 32.6 Å². The van der Waals surface area contributed by atoms with Crippen LogP contribution in [0.15, 0.2) is 18.2 Å². The maximum absolute atomic E-state index is 5.39. The smallest absolute Gasteiger partial charge is 0.122 e. The van der Waals surface area contributed by atoms with Gasteiger partial charge in [-0.05, 0) is 57.1 Å². The topological polar surface area (TPSA) is 12.5 Å². The molecule has 0 aliphatic rings. The number of rotatable bonds is 7. The van der Waals surface area contributed by atoms with Gasteiger partial charge in [-0.1, -0.05) is 25.5 Å². The van der Waals surface area contributed by atoms with Crippen LogP contribution in [0.4, 0.5) is 0 Å². The molecule has 2 heteroatoms. The van der Waals surface area contributed by atoms with E-state index in [-0.39, 0.29) is 0 Å². The summed E-state index contributed by atoms with van der Waals surface area (Å²) < 4.78 is 5.39. The Kier molecular flexibility index (Phi) is 6.06. The van der Waals surface area contributed by atoms with E-state index in [4.69, 9.17) is 4.74 Å². The first-order valence-corrected chi connectivity index (χ1v) is 6.48. The highest BCUT2D eigenvalue weighted by Gasteiger charge is 2.03. The molecule has 0 aliphatic heterocycles. The zero-order chi connectivity index (χ0) is 12.7. The highest BCUT2D eigenvalue weighted by molar-refractivity contribution is 5.37. The summed E-state index contributed by atoms with van der Waals surface area (Å²) in [4.78, 5) is 2.23. The third-order valence-electron chi connectivity index (χ3n) is 2.93.